The number of nitrogens with one attached hydrogen (secondary N) is 1. The lowest BCUT2D eigenvalue weighted by molar-refractivity contribution is 0.628. The molecule has 0 amide bonds. The maximum Gasteiger partial charge on any atom is 0.224 e. The van der Waals surface area contributed by atoms with E-state index in [4.69, 9.17) is 23.2 Å². The highest BCUT2D eigenvalue weighted by atomic mass is 79.9. The second-order valence-corrected chi connectivity index (χ2v) is 4.68. The number of hydrogen-bond acceptors (Lipinski definition) is 3. The summed E-state index contributed by atoms with van der Waals surface area (Å²) in [6, 6.07) is 4.23. The molecule has 0 spiro atoms. The Morgan fingerprint density at radius 3 is 2.82 bits per heavy atom. The van der Waals surface area contributed by atoms with Crippen molar-refractivity contribution in [3.63, 3.8) is 0 Å². The van der Waals surface area contributed by atoms with Crippen molar-refractivity contribution in [2.75, 3.05) is 5.32 Å². The fourth-order valence-electron chi connectivity index (χ4n) is 1.15. The van der Waals surface area contributed by atoms with E-state index in [1.807, 2.05) is 0 Å². The maximum absolute atomic E-state index is 13.1. The molecule has 88 valence electrons. The average Bonchev–Trinajstić information content (AvgIpc) is 2.28. The number of hydrogen-bond donors (Lipinski definition) is 1. The summed E-state index contributed by atoms with van der Waals surface area (Å²) in [7, 11) is 0. The van der Waals surface area contributed by atoms with Crippen LogP contribution in [0.15, 0.2) is 28.9 Å². The Morgan fingerprint density at radius 2 is 2.06 bits per heavy atom. The third-order valence-corrected chi connectivity index (χ3v) is 3.05. The lowest BCUT2D eigenvalue weighted by Gasteiger charge is -2.09. The third-order valence-electron chi connectivity index (χ3n) is 1.90. The van der Waals surface area contributed by atoms with Crippen molar-refractivity contribution in [3.8, 4) is 0 Å². The molecule has 7 heteroatoms. The first-order valence-corrected chi connectivity index (χ1v) is 6.01. The van der Waals surface area contributed by atoms with Gasteiger partial charge in [-0.2, -0.15) is 4.98 Å². The first-order chi connectivity index (χ1) is 8.06. The van der Waals surface area contributed by atoms with Gasteiger partial charge in [0.1, 0.15) is 10.8 Å². The van der Waals surface area contributed by atoms with Gasteiger partial charge in [0.05, 0.1) is 11.9 Å². The molecule has 0 aliphatic carbocycles. The highest BCUT2D eigenvalue weighted by molar-refractivity contribution is 9.10. The van der Waals surface area contributed by atoms with Crippen molar-refractivity contribution in [3.05, 3.63) is 45.0 Å². The standard InChI is InChI=1S/C10H5BrCl2FN3/c11-6-2-1-5(14)3-8(6)16-9-7(12)4-15-10(13)17-9/h1-4H,(H,15,16,17). The molecule has 2 rings (SSSR count). The van der Waals surface area contributed by atoms with Gasteiger partial charge >= 0.3 is 0 Å². The molecule has 0 atom stereocenters. The highest BCUT2D eigenvalue weighted by Gasteiger charge is 2.07. The number of nitrogens with zero attached hydrogens (tertiary/aromatic N) is 2. The average molecular weight is 337 g/mol. The van der Waals surface area contributed by atoms with Gasteiger partial charge in [0.25, 0.3) is 0 Å². The molecule has 1 N–H and O–H groups in total. The minimum atomic E-state index is -0.369. The van der Waals surface area contributed by atoms with Gasteiger partial charge in [0.2, 0.25) is 5.28 Å². The Morgan fingerprint density at radius 1 is 1.29 bits per heavy atom. The second kappa shape index (κ2) is 5.16. The van der Waals surface area contributed by atoms with Crippen molar-refractivity contribution in [1.82, 2.24) is 9.97 Å². The molecular weight excluding hydrogens is 332 g/mol. The Kier molecular flexibility index (Phi) is 3.81. The van der Waals surface area contributed by atoms with Crippen molar-refractivity contribution in [2.24, 2.45) is 0 Å². The predicted octanol–water partition coefficient (Wildman–Crippen LogP) is 4.43. The van der Waals surface area contributed by atoms with Gasteiger partial charge < -0.3 is 5.32 Å². The molecule has 0 aliphatic rings. The van der Waals surface area contributed by atoms with Gasteiger partial charge in [-0.1, -0.05) is 11.6 Å². The molecular formula is C10H5BrCl2FN3. The molecule has 1 aromatic heterocycles. The predicted molar refractivity (Wildman–Crippen MR) is 69.4 cm³/mol. The summed E-state index contributed by atoms with van der Waals surface area (Å²) in [6.45, 7) is 0. The smallest absolute Gasteiger partial charge is 0.224 e. The van der Waals surface area contributed by atoms with Gasteiger partial charge in [-0.05, 0) is 45.7 Å². The Hall–Kier alpha value is -0.910. The van der Waals surface area contributed by atoms with Crippen LogP contribution >= 0.6 is 39.1 Å². The van der Waals surface area contributed by atoms with Gasteiger partial charge in [-0.25, -0.2) is 9.37 Å². The van der Waals surface area contributed by atoms with Crippen LogP contribution in [0, 0.1) is 5.82 Å². The molecule has 1 heterocycles. The Bertz CT molecular complexity index is 516. The lowest BCUT2D eigenvalue weighted by Crippen LogP contribution is -1.97. The van der Waals surface area contributed by atoms with Gasteiger partial charge in [-0.15, -0.1) is 0 Å². The number of halogens is 4. The molecule has 0 saturated carbocycles. The molecule has 3 nitrogen and oxygen atoms in total. The molecule has 0 fully saturated rings. The van der Waals surface area contributed by atoms with Crippen LogP contribution in [0.3, 0.4) is 0 Å². The molecule has 0 aliphatic heterocycles. The molecule has 0 saturated heterocycles. The second-order valence-electron chi connectivity index (χ2n) is 3.08. The summed E-state index contributed by atoms with van der Waals surface area (Å²) in [5.41, 5.74) is 0.502. The van der Waals surface area contributed by atoms with E-state index in [1.54, 1.807) is 6.07 Å². The van der Waals surface area contributed by atoms with E-state index < -0.39 is 0 Å². The minimum absolute atomic E-state index is 0.0597. The van der Waals surface area contributed by atoms with Crippen LogP contribution in [0.5, 0.6) is 0 Å². The van der Waals surface area contributed by atoms with Gasteiger partial charge in [0, 0.05) is 4.47 Å². The molecule has 0 bridgehead atoms. The number of anilines is 2. The van der Waals surface area contributed by atoms with Crippen LogP contribution in [-0.2, 0) is 0 Å². The van der Waals surface area contributed by atoms with Crippen molar-refractivity contribution in [2.45, 2.75) is 0 Å². The van der Waals surface area contributed by atoms with Crippen LogP contribution in [0.1, 0.15) is 0 Å². The topological polar surface area (TPSA) is 37.8 Å². The number of benzene rings is 1. The highest BCUT2D eigenvalue weighted by Crippen LogP contribution is 2.29. The molecule has 2 aromatic rings. The molecule has 17 heavy (non-hydrogen) atoms. The third kappa shape index (κ3) is 3.06. The van der Waals surface area contributed by atoms with Gasteiger partial charge in [-0.3, -0.25) is 0 Å². The van der Waals surface area contributed by atoms with E-state index in [0.717, 1.165) is 0 Å². The van der Waals surface area contributed by atoms with E-state index in [-0.39, 0.29) is 11.1 Å². The Labute approximate surface area is 115 Å². The van der Waals surface area contributed by atoms with Crippen molar-refractivity contribution >= 4 is 50.6 Å². The quantitative estimate of drug-likeness (QED) is 0.824. The van der Waals surface area contributed by atoms with Crippen LogP contribution in [-0.4, -0.2) is 9.97 Å². The SMILES string of the molecule is Fc1ccc(Br)c(Nc2nc(Cl)ncc2Cl)c1. The first kappa shape index (κ1) is 12.5. The van der Waals surface area contributed by atoms with E-state index in [0.29, 0.717) is 21.0 Å². The fraction of sp³-hybridized carbons (Fsp3) is 0. The van der Waals surface area contributed by atoms with Crippen LogP contribution in [0.4, 0.5) is 15.9 Å². The molecule has 1 aromatic carbocycles. The van der Waals surface area contributed by atoms with Crippen LogP contribution in [0.2, 0.25) is 10.3 Å². The van der Waals surface area contributed by atoms with Gasteiger partial charge in [0.15, 0.2) is 5.82 Å². The maximum atomic E-state index is 13.1. The monoisotopic (exact) mass is 335 g/mol. The first-order valence-electron chi connectivity index (χ1n) is 4.46. The van der Waals surface area contributed by atoms with E-state index in [2.05, 4.69) is 31.2 Å². The summed E-state index contributed by atoms with van der Waals surface area (Å²) in [6.07, 6.45) is 1.37. The Balaban J connectivity index is 2.37. The van der Waals surface area contributed by atoms with Crippen molar-refractivity contribution < 1.29 is 4.39 Å². The summed E-state index contributed by atoms with van der Waals surface area (Å²) in [5.74, 6) is -0.0510. The minimum Gasteiger partial charge on any atom is -0.338 e. The summed E-state index contributed by atoms with van der Waals surface area (Å²) < 4.78 is 13.8. The number of aromatic nitrogens is 2. The van der Waals surface area contributed by atoms with Crippen LogP contribution in [0.25, 0.3) is 0 Å². The fourth-order valence-corrected chi connectivity index (χ4v) is 1.77. The largest absolute Gasteiger partial charge is 0.338 e. The lowest BCUT2D eigenvalue weighted by atomic mass is 10.3. The van der Waals surface area contributed by atoms with Crippen LogP contribution < -0.4 is 5.32 Å². The zero-order chi connectivity index (χ0) is 12.4. The van der Waals surface area contributed by atoms with Crippen molar-refractivity contribution in [1.29, 1.82) is 0 Å². The summed E-state index contributed by atoms with van der Waals surface area (Å²) in [5, 5.41) is 3.22. The zero-order valence-corrected chi connectivity index (χ0v) is 11.3. The molecule has 0 unspecified atom stereocenters. The normalized spacial score (nSPS) is 10.4. The molecule has 0 radical (unpaired) electrons. The number of rotatable bonds is 2. The van der Waals surface area contributed by atoms with E-state index in [9.17, 15) is 4.39 Å². The zero-order valence-electron chi connectivity index (χ0n) is 8.22. The van der Waals surface area contributed by atoms with E-state index >= 15 is 0 Å². The summed E-state index contributed by atoms with van der Waals surface area (Å²) >= 11 is 14.8. The van der Waals surface area contributed by atoms with E-state index in [1.165, 1.54) is 18.3 Å². The summed E-state index contributed by atoms with van der Waals surface area (Å²) in [4.78, 5) is 7.62.